The molecule has 2 atom stereocenters. The number of aromatic hydroxyl groups is 1. The van der Waals surface area contributed by atoms with Gasteiger partial charge in [-0.25, -0.2) is 14.4 Å². The molecule has 0 radical (unpaired) electrons. The van der Waals surface area contributed by atoms with E-state index in [2.05, 4.69) is 37.7 Å². The fourth-order valence-electron chi connectivity index (χ4n) is 6.57. The summed E-state index contributed by atoms with van der Waals surface area (Å²) in [6.07, 6.45) is 1.41. The molecular formula is C47H69NO13Si5. The monoisotopic (exact) mass is 995 g/mol. The van der Waals surface area contributed by atoms with Gasteiger partial charge in [0.1, 0.15) is 30.3 Å². The SMILES string of the molecule is C=C(COc1ccc(C=C(C(=O)OCC)C(=O)OCC)cc1)[SiH](O[Si](C)(C)C)O[Si](C)(C)O[Si](C)(O[Si](C)(C)C)C(=C)COC(=O)c1ccccc1C(=O)c1ccc(N(CC)CC)cc1O. The number of phenolic OH excluding ortho intramolecular Hbond substituents is 1. The van der Waals surface area contributed by atoms with E-state index in [4.69, 9.17) is 35.4 Å². The fourth-order valence-corrected chi connectivity index (χ4v) is 24.5. The highest BCUT2D eigenvalue weighted by Crippen LogP contribution is 2.31. The van der Waals surface area contributed by atoms with E-state index in [0.29, 0.717) is 21.7 Å². The molecule has 3 aromatic carbocycles. The van der Waals surface area contributed by atoms with Gasteiger partial charge in [0.15, 0.2) is 22.4 Å². The van der Waals surface area contributed by atoms with Crippen LogP contribution in [0.5, 0.6) is 11.5 Å². The first-order chi connectivity index (χ1) is 30.8. The lowest BCUT2D eigenvalue weighted by molar-refractivity contribution is -0.146. The lowest BCUT2D eigenvalue weighted by Crippen LogP contribution is -2.58. The molecule has 3 rings (SSSR count). The highest BCUT2D eigenvalue weighted by atomic mass is 28.5. The van der Waals surface area contributed by atoms with Gasteiger partial charge in [0, 0.05) is 35.6 Å². The maximum Gasteiger partial charge on any atom is 0.348 e. The van der Waals surface area contributed by atoms with Crippen LogP contribution >= 0.6 is 0 Å². The Balaban J connectivity index is 1.80. The van der Waals surface area contributed by atoms with E-state index in [1.807, 2.05) is 53.1 Å². The van der Waals surface area contributed by atoms with Gasteiger partial charge in [-0.05, 0) is 134 Å². The normalized spacial score (nSPS) is 13.1. The standard InChI is InChI=1S/C47H69NO13Si5/c1-16-48(17-2)37-26-29-41(43(49)31-37)44(50)39-22-20-21-23-40(39)45(51)57-33-35(6)66(15,60-64(10,11)12)61-65(13,14)59-62(58-63(7,8)9)34(5)32-56-38-27-24-36(25-28-38)30-42(46(52)54-18-3)47(53)55-19-4/h20-31,49,62H,5-6,16-19,32-33H2,1-4,7-15H3. The van der Waals surface area contributed by atoms with Gasteiger partial charge in [0.2, 0.25) is 0 Å². The molecule has 1 N–H and O–H groups in total. The first-order valence-corrected chi connectivity index (χ1v) is 35.5. The van der Waals surface area contributed by atoms with Crippen LogP contribution < -0.4 is 9.64 Å². The highest BCUT2D eigenvalue weighted by molar-refractivity contribution is 6.91. The average molecular weight is 996 g/mol. The third-order valence-electron chi connectivity index (χ3n) is 9.50. The van der Waals surface area contributed by atoms with Crippen LogP contribution in [0.15, 0.2) is 95.9 Å². The largest absolute Gasteiger partial charge is 0.507 e. The number of phenols is 1. The van der Waals surface area contributed by atoms with Crippen LogP contribution in [0.4, 0.5) is 5.69 Å². The molecule has 14 nitrogen and oxygen atoms in total. The molecule has 0 saturated carbocycles. The molecule has 0 aromatic heterocycles. The number of rotatable bonds is 26. The Kier molecular flexibility index (Phi) is 20.5. The van der Waals surface area contributed by atoms with Crippen molar-refractivity contribution in [3.8, 4) is 11.5 Å². The Morgan fingerprint density at radius 2 is 1.26 bits per heavy atom. The molecule has 0 heterocycles. The van der Waals surface area contributed by atoms with Crippen molar-refractivity contribution >= 4 is 78.5 Å². The van der Waals surface area contributed by atoms with Crippen LogP contribution in [0.25, 0.3) is 6.08 Å². The first-order valence-electron chi connectivity index (χ1n) is 22.1. The van der Waals surface area contributed by atoms with Crippen LogP contribution in [0, 0.1) is 0 Å². The predicted octanol–water partition coefficient (Wildman–Crippen LogP) is 9.14. The molecule has 360 valence electrons. The summed E-state index contributed by atoms with van der Waals surface area (Å²) in [7, 11) is -13.8. The summed E-state index contributed by atoms with van der Waals surface area (Å²) in [6, 6.07) is 18.1. The molecule has 0 fully saturated rings. The minimum absolute atomic E-state index is 0.0407. The Morgan fingerprint density at radius 3 is 1.77 bits per heavy atom. The van der Waals surface area contributed by atoms with E-state index >= 15 is 0 Å². The molecule has 2 unspecified atom stereocenters. The Bertz CT molecular complexity index is 2210. The molecule has 3 aromatic rings. The number of ketones is 1. The number of esters is 3. The molecule has 66 heavy (non-hydrogen) atoms. The lowest BCUT2D eigenvalue weighted by atomic mass is 9.97. The fraction of sp³-hybridized carbons (Fsp3) is 0.404. The van der Waals surface area contributed by atoms with Crippen molar-refractivity contribution in [1.82, 2.24) is 0 Å². The van der Waals surface area contributed by atoms with Gasteiger partial charge in [-0.1, -0.05) is 43.5 Å². The molecule has 0 saturated heterocycles. The van der Waals surface area contributed by atoms with Gasteiger partial charge in [-0.2, -0.15) is 0 Å². The van der Waals surface area contributed by atoms with Crippen LogP contribution in [-0.4, -0.2) is 111 Å². The van der Waals surface area contributed by atoms with Gasteiger partial charge >= 0.3 is 44.3 Å². The van der Waals surface area contributed by atoms with E-state index in [0.717, 1.165) is 18.8 Å². The van der Waals surface area contributed by atoms with E-state index in [1.54, 1.807) is 68.4 Å². The van der Waals surface area contributed by atoms with E-state index < -0.39 is 66.7 Å². The molecular weight excluding hydrogens is 927 g/mol. The Hall–Kier alpha value is -4.72. The third kappa shape index (κ3) is 16.9. The van der Waals surface area contributed by atoms with Crippen molar-refractivity contribution in [3.63, 3.8) is 0 Å². The van der Waals surface area contributed by atoms with Crippen LogP contribution in [-0.2, 0) is 40.3 Å². The zero-order valence-corrected chi connectivity index (χ0v) is 46.1. The maximum absolute atomic E-state index is 13.8. The average Bonchev–Trinajstić information content (AvgIpc) is 3.22. The highest BCUT2D eigenvalue weighted by Gasteiger charge is 2.47. The summed E-state index contributed by atoms with van der Waals surface area (Å²) >= 11 is 0. The number of ether oxygens (including phenoxy) is 4. The quantitative estimate of drug-likeness (QED) is 0.0154. The zero-order valence-electron chi connectivity index (χ0n) is 41.0. The summed E-state index contributed by atoms with van der Waals surface area (Å²) < 4.78 is 49.3. The minimum atomic E-state index is -3.40. The first kappa shape index (κ1) is 55.6. The second-order valence-corrected chi connectivity index (χ2v) is 36.6. The summed E-state index contributed by atoms with van der Waals surface area (Å²) in [5.74, 6) is -2.48. The van der Waals surface area contributed by atoms with Crippen molar-refractivity contribution in [2.45, 2.75) is 86.6 Å². The number of anilines is 1. The van der Waals surface area contributed by atoms with Gasteiger partial charge < -0.3 is 45.4 Å². The van der Waals surface area contributed by atoms with Crippen molar-refractivity contribution in [2.75, 3.05) is 44.4 Å². The lowest BCUT2D eigenvalue weighted by Gasteiger charge is -2.41. The molecule has 0 aliphatic rings. The molecule has 0 aliphatic heterocycles. The van der Waals surface area contributed by atoms with Gasteiger partial charge in [0.25, 0.3) is 0 Å². The number of benzene rings is 3. The van der Waals surface area contributed by atoms with Crippen LogP contribution in [0.2, 0.25) is 58.9 Å². The second kappa shape index (κ2) is 24.3. The van der Waals surface area contributed by atoms with E-state index in [1.165, 1.54) is 18.2 Å². The van der Waals surface area contributed by atoms with Gasteiger partial charge in [0.05, 0.1) is 24.3 Å². The summed E-state index contributed by atoms with van der Waals surface area (Å²) in [4.78, 5) is 54.5. The van der Waals surface area contributed by atoms with E-state index in [-0.39, 0.29) is 54.4 Å². The van der Waals surface area contributed by atoms with Crippen molar-refractivity contribution in [1.29, 1.82) is 0 Å². The smallest absolute Gasteiger partial charge is 0.348 e. The molecule has 0 bridgehead atoms. The topological polar surface area (TPSA) is 166 Å². The number of nitrogens with zero attached hydrogens (tertiary/aromatic N) is 1. The second-order valence-electron chi connectivity index (χ2n) is 17.8. The molecule has 19 heteroatoms. The van der Waals surface area contributed by atoms with Gasteiger partial charge in [-0.3, -0.25) is 4.79 Å². The van der Waals surface area contributed by atoms with Crippen molar-refractivity contribution in [3.05, 3.63) is 118 Å². The number of hydrogen-bond acceptors (Lipinski definition) is 14. The molecule has 0 aliphatic carbocycles. The van der Waals surface area contributed by atoms with Crippen molar-refractivity contribution < 1.29 is 59.7 Å². The minimum Gasteiger partial charge on any atom is -0.507 e. The van der Waals surface area contributed by atoms with E-state index in [9.17, 15) is 24.3 Å². The Morgan fingerprint density at radius 1 is 0.682 bits per heavy atom. The van der Waals surface area contributed by atoms with Crippen molar-refractivity contribution in [2.24, 2.45) is 0 Å². The third-order valence-corrected chi connectivity index (χ3v) is 26.1. The maximum atomic E-state index is 13.8. The van der Waals surface area contributed by atoms with Crippen LogP contribution in [0.3, 0.4) is 0 Å². The number of hydrogen-bond donors (Lipinski definition) is 1. The summed E-state index contributed by atoms with van der Waals surface area (Å²) in [5, 5.41) is 12.0. The van der Waals surface area contributed by atoms with Gasteiger partial charge in [-0.15, -0.1) is 0 Å². The molecule has 0 amide bonds. The molecule has 0 spiro atoms. The van der Waals surface area contributed by atoms with Crippen LogP contribution in [0.1, 0.15) is 59.5 Å². The summed E-state index contributed by atoms with van der Waals surface area (Å²) in [5.41, 5.74) is 1.33. The number of carbonyl (C=O) groups excluding carboxylic acids is 4. The number of carbonyl (C=O) groups is 4. The summed E-state index contributed by atoms with van der Waals surface area (Å²) in [6.45, 7) is 35.5. The Labute approximate surface area is 397 Å². The predicted molar refractivity (Wildman–Crippen MR) is 271 cm³/mol. The zero-order chi connectivity index (χ0) is 49.6.